The average Bonchev–Trinajstić information content (AvgIpc) is 3.70. The number of amides is 2. The number of benzene rings is 2. The van der Waals surface area contributed by atoms with Crippen molar-refractivity contribution >= 4 is 44.8 Å². The minimum Gasteiger partial charge on any atom is -0.345 e. The van der Waals surface area contributed by atoms with Gasteiger partial charge in [0.1, 0.15) is 0 Å². The van der Waals surface area contributed by atoms with Crippen molar-refractivity contribution in [1.29, 1.82) is 0 Å². The number of pyridine rings is 1. The monoisotopic (exact) mass is 643 g/mol. The molecule has 1 N–H and O–H groups in total. The second-order valence-corrected chi connectivity index (χ2v) is 14.4. The molecule has 2 amide bonds. The summed E-state index contributed by atoms with van der Waals surface area (Å²) in [6, 6.07) is 12.9. The Morgan fingerprint density at radius 1 is 0.917 bits per heavy atom. The van der Waals surface area contributed by atoms with Gasteiger partial charge in [0.25, 0.3) is 11.8 Å². The molecule has 2 aliphatic heterocycles. The topological polar surface area (TPSA) is 72.2 Å². The van der Waals surface area contributed by atoms with Crippen LogP contribution in [0.3, 0.4) is 0 Å². The van der Waals surface area contributed by atoms with Crippen LogP contribution in [0.4, 0.5) is 0 Å². The first-order valence-corrected chi connectivity index (χ1v) is 17.2. The van der Waals surface area contributed by atoms with Gasteiger partial charge < -0.3 is 9.13 Å². The van der Waals surface area contributed by atoms with E-state index in [0.717, 1.165) is 58.6 Å². The highest BCUT2D eigenvalue weighted by Gasteiger charge is 2.43. The van der Waals surface area contributed by atoms with Gasteiger partial charge in [0, 0.05) is 81.7 Å². The van der Waals surface area contributed by atoms with Crippen LogP contribution in [0.25, 0.3) is 33.0 Å². The number of aryl methyl sites for hydroxylation is 3. The van der Waals surface area contributed by atoms with Crippen molar-refractivity contribution in [1.82, 2.24) is 24.3 Å². The van der Waals surface area contributed by atoms with Crippen LogP contribution in [-0.2, 0) is 22.7 Å². The first-order chi connectivity index (χ1) is 23.7. The number of fused-ring (bicyclic) bond motifs is 2. The first-order valence-electron chi connectivity index (χ1n) is 18.2. The predicted molar refractivity (Wildman–Crippen MR) is 195 cm³/mol. The number of para-hydroxylation sites is 1. The van der Waals surface area contributed by atoms with Crippen molar-refractivity contribution < 1.29 is 12.3 Å². The molecule has 0 aliphatic carbocycles. The Balaban J connectivity index is 1.43. The van der Waals surface area contributed by atoms with Crippen molar-refractivity contribution in [2.24, 2.45) is 5.92 Å². The van der Waals surface area contributed by atoms with Crippen molar-refractivity contribution in [3.8, 4) is 0 Å². The van der Waals surface area contributed by atoms with E-state index in [1.807, 2.05) is 51.2 Å². The quantitative estimate of drug-likeness (QED) is 0.191. The van der Waals surface area contributed by atoms with Crippen LogP contribution in [0.2, 0.25) is 0 Å². The predicted octanol–water partition coefficient (Wildman–Crippen LogP) is 7.98. The number of imide groups is 1. The fraction of sp³-hybridized carbons (Fsp3) is 0.390. The molecule has 0 bridgehead atoms. The highest BCUT2D eigenvalue weighted by atomic mass is 16.2. The molecular weight excluding hydrogens is 594 g/mol. The number of hydrogen-bond acceptors (Lipinski definition) is 4. The van der Waals surface area contributed by atoms with Gasteiger partial charge in [-0.1, -0.05) is 31.2 Å². The minimum absolute atomic E-state index is 0.0104. The Labute approximate surface area is 286 Å². The summed E-state index contributed by atoms with van der Waals surface area (Å²) in [7, 11) is 0. The van der Waals surface area contributed by atoms with Crippen molar-refractivity contribution in [2.45, 2.75) is 93.4 Å². The molecule has 1 saturated heterocycles. The molecule has 0 saturated carbocycles. The lowest BCUT2D eigenvalue weighted by molar-refractivity contribution is -0.122. The van der Waals surface area contributed by atoms with Gasteiger partial charge >= 0.3 is 0 Å². The van der Waals surface area contributed by atoms with Crippen LogP contribution < -0.4 is 5.32 Å². The van der Waals surface area contributed by atoms with E-state index < -0.39 is 11.8 Å². The molecule has 3 aromatic heterocycles. The van der Waals surface area contributed by atoms with Gasteiger partial charge in [-0.2, -0.15) is 0 Å². The van der Waals surface area contributed by atoms with E-state index in [-0.39, 0.29) is 23.1 Å². The Morgan fingerprint density at radius 2 is 1.62 bits per heavy atom. The van der Waals surface area contributed by atoms with Gasteiger partial charge in [-0.15, -0.1) is 0 Å². The third-order valence-corrected chi connectivity index (χ3v) is 11.5. The summed E-state index contributed by atoms with van der Waals surface area (Å²) in [5, 5.41) is 4.08. The van der Waals surface area contributed by atoms with Crippen molar-refractivity contribution in [3.05, 3.63) is 99.6 Å². The van der Waals surface area contributed by atoms with Gasteiger partial charge in [0.05, 0.1) is 19.6 Å². The van der Waals surface area contributed by atoms with Gasteiger partial charge in [0.2, 0.25) is 0 Å². The van der Waals surface area contributed by atoms with E-state index in [2.05, 4.69) is 73.0 Å². The van der Waals surface area contributed by atoms with Crippen LogP contribution >= 0.6 is 0 Å². The van der Waals surface area contributed by atoms with E-state index in [9.17, 15) is 12.3 Å². The maximum Gasteiger partial charge on any atom is 0.259 e. The Morgan fingerprint density at radius 3 is 2.35 bits per heavy atom. The summed E-state index contributed by atoms with van der Waals surface area (Å²) in [6.07, 6.45) is 2.79. The van der Waals surface area contributed by atoms with Gasteiger partial charge in [-0.3, -0.25) is 24.8 Å². The zero-order valence-corrected chi connectivity index (χ0v) is 29.6. The molecule has 7 nitrogen and oxygen atoms in total. The number of carbonyl (C=O) groups is 2. The number of hydrogen-bond donors (Lipinski definition) is 1. The van der Waals surface area contributed by atoms with Crippen LogP contribution in [0, 0.1) is 40.5 Å². The van der Waals surface area contributed by atoms with E-state index in [1.165, 1.54) is 5.56 Å². The van der Waals surface area contributed by atoms with Crippen LogP contribution in [0.5, 0.6) is 0 Å². The first kappa shape index (κ1) is 29.6. The number of nitrogens with one attached hydrogen (secondary N) is 1. The molecule has 2 aliphatic rings. The van der Waals surface area contributed by atoms with E-state index in [1.54, 1.807) is 0 Å². The lowest BCUT2D eigenvalue weighted by atomic mass is 9.76. The van der Waals surface area contributed by atoms with Gasteiger partial charge in [-0.05, 0) is 109 Å². The number of rotatable bonds is 6. The fourth-order valence-electron chi connectivity index (χ4n) is 8.10. The van der Waals surface area contributed by atoms with E-state index >= 15 is 0 Å². The lowest BCUT2D eigenvalue weighted by Crippen LogP contribution is -2.55. The molecule has 7 rings (SSSR count). The van der Waals surface area contributed by atoms with Crippen LogP contribution in [-0.4, -0.2) is 42.9 Å². The molecule has 48 heavy (non-hydrogen) atoms. The summed E-state index contributed by atoms with van der Waals surface area (Å²) < 4.78 is 23.2. The highest BCUT2D eigenvalue weighted by Crippen LogP contribution is 2.46. The lowest BCUT2D eigenvalue weighted by Gasteiger charge is -2.51. The Kier molecular flexibility index (Phi) is 7.15. The number of piperidine rings is 1. The van der Waals surface area contributed by atoms with E-state index in [4.69, 9.17) is 4.98 Å². The number of likely N-dealkylation sites (tertiary alicyclic amines) is 1. The van der Waals surface area contributed by atoms with Crippen LogP contribution in [0.1, 0.15) is 87.8 Å². The normalized spacial score (nSPS) is 20.6. The zero-order valence-electron chi connectivity index (χ0n) is 31.6. The SMILES string of the molecule is [2H]c1c(C)c(C)c([2H])c2c1c(C1=C(c3c(C)n(CC)c4ccccc34)C(=O)NC1=O)cn2C1CCN(Cc2ccc(C)c(C)n2)C(C)(C)C1C. The molecule has 2 atom stereocenters. The summed E-state index contributed by atoms with van der Waals surface area (Å²) in [4.78, 5) is 35.2. The summed E-state index contributed by atoms with van der Waals surface area (Å²) in [5.41, 5.74) is 8.98. The van der Waals surface area contributed by atoms with Crippen molar-refractivity contribution in [2.75, 3.05) is 6.54 Å². The second-order valence-electron chi connectivity index (χ2n) is 14.4. The highest BCUT2D eigenvalue weighted by molar-refractivity contribution is 6.51. The minimum atomic E-state index is -0.468. The average molecular weight is 644 g/mol. The summed E-state index contributed by atoms with van der Waals surface area (Å²) in [6.45, 7) is 21.1. The maximum atomic E-state index is 14.0. The Hall–Kier alpha value is -4.49. The maximum absolute atomic E-state index is 14.0. The number of nitrogens with zero attached hydrogens (tertiary/aromatic N) is 4. The standard InChI is InChI=1S/C41H47N5O2/c1-10-45-28(7)36(30-13-11-12-14-34(30)45)38-37(39(47)43-40(38)48)32-22-46(35-20-25(4)24(3)19-31(32)35)33-17-18-44(41(8,9)26(33)5)21-29-16-15-23(2)27(6)42-29/h11-16,19-20,22,26,33H,10,17-18,21H2,1-9H3,(H,43,47,48)/i19D,20D. The summed E-state index contributed by atoms with van der Waals surface area (Å²) in [5.74, 6) is -0.763. The van der Waals surface area contributed by atoms with Gasteiger partial charge in [0.15, 0.2) is 0 Å². The smallest absolute Gasteiger partial charge is 0.259 e. The third kappa shape index (κ3) is 4.85. The third-order valence-electron chi connectivity index (χ3n) is 11.5. The second kappa shape index (κ2) is 11.6. The molecular formula is C41H47N5O2. The molecule has 7 heteroatoms. The van der Waals surface area contributed by atoms with Crippen molar-refractivity contribution in [3.63, 3.8) is 0 Å². The van der Waals surface area contributed by atoms with Gasteiger partial charge in [-0.25, -0.2) is 0 Å². The summed E-state index contributed by atoms with van der Waals surface area (Å²) >= 11 is 0. The Bertz CT molecular complexity index is 2290. The molecule has 248 valence electrons. The zero-order chi connectivity index (χ0) is 36.0. The number of carbonyl (C=O) groups excluding carboxylic acids is 2. The van der Waals surface area contributed by atoms with Crippen LogP contribution in [0.15, 0.2) is 54.7 Å². The molecule has 2 aromatic carbocycles. The molecule has 2 unspecified atom stereocenters. The molecule has 0 radical (unpaired) electrons. The largest absolute Gasteiger partial charge is 0.345 e. The van der Waals surface area contributed by atoms with E-state index in [0.29, 0.717) is 46.2 Å². The molecule has 5 aromatic rings. The molecule has 1 fully saturated rings. The molecule has 5 heterocycles. The molecule has 0 spiro atoms. The fourth-order valence-corrected chi connectivity index (χ4v) is 8.10. The number of aromatic nitrogens is 3.